The van der Waals surface area contributed by atoms with Crippen molar-refractivity contribution in [2.75, 3.05) is 0 Å². The Morgan fingerprint density at radius 2 is 0.727 bits per heavy atom. The van der Waals surface area contributed by atoms with Crippen LogP contribution in [0.2, 0.25) is 0 Å². The fourth-order valence-electron chi connectivity index (χ4n) is 4.71. The van der Waals surface area contributed by atoms with Crippen LogP contribution < -0.4 is 9.47 Å². The lowest BCUT2D eigenvalue weighted by molar-refractivity contribution is 0.306. The van der Waals surface area contributed by atoms with Gasteiger partial charge in [0.2, 0.25) is 0 Å². The van der Waals surface area contributed by atoms with E-state index in [0.29, 0.717) is 13.2 Å². The summed E-state index contributed by atoms with van der Waals surface area (Å²) in [6, 6.07) is 52.5. The van der Waals surface area contributed by atoms with E-state index in [0.717, 1.165) is 56.0 Å². The van der Waals surface area contributed by atoms with E-state index in [-0.39, 0.29) is 0 Å². The Morgan fingerprint density at radius 3 is 1.11 bits per heavy atom. The highest BCUT2D eigenvalue weighted by Gasteiger charge is 2.12. The van der Waals surface area contributed by atoms with Gasteiger partial charge in [-0.1, -0.05) is 121 Å². The molecule has 6 aromatic carbocycles. The van der Waals surface area contributed by atoms with Gasteiger partial charge in [0.25, 0.3) is 0 Å². The Balaban J connectivity index is 1.39. The second kappa shape index (κ2) is 14.3. The zero-order chi connectivity index (χ0) is 29.8. The first kappa shape index (κ1) is 28.2. The van der Waals surface area contributed by atoms with Gasteiger partial charge in [-0.3, -0.25) is 0 Å². The Bertz CT molecular complexity index is 1790. The van der Waals surface area contributed by atoms with E-state index in [1.165, 1.54) is 0 Å². The second-order valence-electron chi connectivity index (χ2n) is 10.2. The molecular formula is C42H30O2. The van der Waals surface area contributed by atoms with Crippen LogP contribution >= 0.6 is 0 Å². The molecule has 2 heteroatoms. The molecule has 0 aromatic heterocycles. The summed E-state index contributed by atoms with van der Waals surface area (Å²) in [6.07, 6.45) is 0. The smallest absolute Gasteiger partial charge is 0.121 e. The Morgan fingerprint density at radius 1 is 0.364 bits per heavy atom. The maximum atomic E-state index is 6.19. The molecule has 0 aliphatic rings. The van der Waals surface area contributed by atoms with Gasteiger partial charge in [-0.05, 0) is 82.9 Å². The molecule has 2 nitrogen and oxygen atoms in total. The minimum atomic E-state index is 0.479. The third kappa shape index (κ3) is 7.65. The van der Waals surface area contributed by atoms with Gasteiger partial charge in [0, 0.05) is 22.3 Å². The summed E-state index contributed by atoms with van der Waals surface area (Å²) in [5, 5.41) is 0. The lowest BCUT2D eigenvalue weighted by atomic mass is 9.94. The van der Waals surface area contributed by atoms with Gasteiger partial charge in [-0.2, -0.15) is 0 Å². The van der Waals surface area contributed by atoms with E-state index in [1.54, 1.807) is 0 Å². The van der Waals surface area contributed by atoms with Crippen LogP contribution in [0.15, 0.2) is 158 Å². The van der Waals surface area contributed by atoms with Crippen molar-refractivity contribution in [2.45, 2.75) is 13.2 Å². The fourth-order valence-corrected chi connectivity index (χ4v) is 4.71. The molecule has 0 fully saturated rings. The highest BCUT2D eigenvalue weighted by molar-refractivity contribution is 5.78. The lowest BCUT2D eigenvalue weighted by Crippen LogP contribution is -1.98. The minimum Gasteiger partial charge on any atom is -0.489 e. The predicted octanol–water partition coefficient (Wildman–Crippen LogP) is 9.31. The van der Waals surface area contributed by atoms with Crippen LogP contribution in [0.3, 0.4) is 0 Å². The molecule has 6 rings (SSSR count). The van der Waals surface area contributed by atoms with Crippen LogP contribution in [0.1, 0.15) is 33.4 Å². The van der Waals surface area contributed by atoms with E-state index >= 15 is 0 Å². The third-order valence-corrected chi connectivity index (χ3v) is 7.00. The van der Waals surface area contributed by atoms with Gasteiger partial charge in [-0.25, -0.2) is 0 Å². The third-order valence-electron chi connectivity index (χ3n) is 7.00. The van der Waals surface area contributed by atoms with Crippen LogP contribution in [0.25, 0.3) is 11.1 Å². The Kier molecular flexibility index (Phi) is 9.14. The molecule has 0 spiro atoms. The van der Waals surface area contributed by atoms with Crippen molar-refractivity contribution in [1.82, 2.24) is 0 Å². The molecule has 210 valence electrons. The molecule has 44 heavy (non-hydrogen) atoms. The summed E-state index contributed by atoms with van der Waals surface area (Å²) >= 11 is 0. The Hall–Kier alpha value is -5.96. The molecule has 0 atom stereocenters. The lowest BCUT2D eigenvalue weighted by Gasteiger charge is -2.13. The summed E-state index contributed by atoms with van der Waals surface area (Å²) in [4.78, 5) is 0. The van der Waals surface area contributed by atoms with Gasteiger partial charge >= 0.3 is 0 Å². The summed E-state index contributed by atoms with van der Waals surface area (Å²) in [5.41, 5.74) is 7.79. The molecule has 6 aromatic rings. The fraction of sp³-hybridized carbons (Fsp3) is 0.0476. The Labute approximate surface area is 259 Å². The van der Waals surface area contributed by atoms with Crippen LogP contribution in [0.4, 0.5) is 0 Å². The predicted molar refractivity (Wildman–Crippen MR) is 178 cm³/mol. The molecule has 0 aliphatic heterocycles. The number of benzene rings is 6. The quantitative estimate of drug-likeness (QED) is 0.179. The van der Waals surface area contributed by atoms with E-state index < -0.39 is 0 Å². The van der Waals surface area contributed by atoms with Crippen LogP contribution in [-0.2, 0) is 13.2 Å². The van der Waals surface area contributed by atoms with E-state index in [1.807, 2.05) is 121 Å². The maximum Gasteiger partial charge on any atom is 0.121 e. The first-order chi connectivity index (χ1) is 21.8. The molecule has 0 bridgehead atoms. The molecule has 0 unspecified atom stereocenters. The molecule has 0 heterocycles. The van der Waals surface area contributed by atoms with Crippen molar-refractivity contribution in [3.63, 3.8) is 0 Å². The standard InChI is InChI=1S/C42H30O2/c1-5-13-33(14-6-1)21-23-37-29-39(43-31-35-17-9-3-10-18-35)25-27-41(37)42-28-26-40(44-32-36-19-11-4-12-20-36)30-38(42)24-22-34-15-7-2-8-16-34/h1-20,25-30H,31-32H2. The number of ether oxygens (including phenoxy) is 2. The average molecular weight is 567 g/mol. The van der Waals surface area contributed by atoms with E-state index in [9.17, 15) is 0 Å². The van der Waals surface area contributed by atoms with Crippen LogP contribution in [0.5, 0.6) is 11.5 Å². The van der Waals surface area contributed by atoms with Crippen LogP contribution in [0, 0.1) is 23.7 Å². The van der Waals surface area contributed by atoms with Crippen molar-refractivity contribution in [3.8, 4) is 46.3 Å². The van der Waals surface area contributed by atoms with Gasteiger partial charge in [0.15, 0.2) is 0 Å². The van der Waals surface area contributed by atoms with Gasteiger partial charge < -0.3 is 9.47 Å². The van der Waals surface area contributed by atoms with Gasteiger partial charge in [0.05, 0.1) is 0 Å². The van der Waals surface area contributed by atoms with Crippen LogP contribution in [-0.4, -0.2) is 0 Å². The monoisotopic (exact) mass is 566 g/mol. The molecule has 0 saturated carbocycles. The SMILES string of the molecule is C(#Cc1cc(OCc2ccccc2)ccc1-c1ccc(OCc2ccccc2)cc1C#Cc1ccccc1)c1ccccc1. The zero-order valence-electron chi connectivity index (χ0n) is 24.2. The van der Waals surface area contributed by atoms with Crippen molar-refractivity contribution in [2.24, 2.45) is 0 Å². The molecule has 0 aliphatic carbocycles. The number of hydrogen-bond acceptors (Lipinski definition) is 2. The summed E-state index contributed by atoms with van der Waals surface area (Å²) in [5.74, 6) is 15.0. The second-order valence-corrected chi connectivity index (χ2v) is 10.2. The molecular weight excluding hydrogens is 536 g/mol. The van der Waals surface area contributed by atoms with Gasteiger partial charge in [-0.15, -0.1) is 0 Å². The first-order valence-corrected chi connectivity index (χ1v) is 14.6. The topological polar surface area (TPSA) is 18.5 Å². The largest absolute Gasteiger partial charge is 0.489 e. The molecule has 0 N–H and O–H groups in total. The van der Waals surface area contributed by atoms with Crippen molar-refractivity contribution < 1.29 is 9.47 Å². The summed E-state index contributed by atoms with van der Waals surface area (Å²) < 4.78 is 12.4. The van der Waals surface area contributed by atoms with Crippen molar-refractivity contribution >= 4 is 0 Å². The van der Waals surface area contributed by atoms with Gasteiger partial charge in [0.1, 0.15) is 24.7 Å². The molecule has 0 radical (unpaired) electrons. The average Bonchev–Trinajstić information content (AvgIpc) is 3.10. The molecule has 0 saturated heterocycles. The van der Waals surface area contributed by atoms with Crippen molar-refractivity contribution in [1.29, 1.82) is 0 Å². The molecule has 0 amide bonds. The number of hydrogen-bond donors (Lipinski definition) is 0. The zero-order valence-corrected chi connectivity index (χ0v) is 24.2. The summed E-state index contributed by atoms with van der Waals surface area (Å²) in [7, 11) is 0. The highest BCUT2D eigenvalue weighted by atomic mass is 16.5. The minimum absolute atomic E-state index is 0.479. The van der Waals surface area contributed by atoms with E-state index in [2.05, 4.69) is 60.1 Å². The highest BCUT2D eigenvalue weighted by Crippen LogP contribution is 2.32. The van der Waals surface area contributed by atoms with Crippen molar-refractivity contribution in [3.05, 3.63) is 191 Å². The normalized spacial score (nSPS) is 10.1. The van der Waals surface area contributed by atoms with E-state index in [4.69, 9.17) is 9.47 Å². The number of rotatable bonds is 7. The first-order valence-electron chi connectivity index (χ1n) is 14.6. The summed E-state index contributed by atoms with van der Waals surface area (Å²) in [6.45, 7) is 0.958. The maximum absolute atomic E-state index is 6.19.